The SMILES string of the molecule is [B][P+](C)(C)C(C)(C)C. The third kappa shape index (κ3) is 2.18. The van der Waals surface area contributed by atoms with E-state index in [1.165, 1.54) is 0 Å². The molecule has 0 spiro atoms. The second kappa shape index (κ2) is 2.03. The Labute approximate surface area is 54.8 Å². The van der Waals surface area contributed by atoms with E-state index in [9.17, 15) is 0 Å². The molecule has 46 valence electrons. The van der Waals surface area contributed by atoms with Gasteiger partial charge in [0.2, 0.25) is 0 Å². The molecule has 0 aromatic heterocycles. The number of rotatable bonds is 0. The Morgan fingerprint density at radius 3 is 1.25 bits per heavy atom. The first-order valence-electron chi connectivity index (χ1n) is 2.88. The van der Waals surface area contributed by atoms with Gasteiger partial charge in [-0.25, -0.2) is 0 Å². The molecule has 0 rings (SSSR count). The molecule has 0 aliphatic carbocycles. The second-order valence-corrected chi connectivity index (χ2v) is 8.13. The van der Waals surface area contributed by atoms with Crippen molar-refractivity contribution >= 4 is 14.7 Å². The monoisotopic (exact) mass is 129 g/mol. The highest BCUT2D eigenvalue weighted by molar-refractivity contribution is 7.97. The van der Waals surface area contributed by atoms with Crippen molar-refractivity contribution in [1.29, 1.82) is 0 Å². The molecule has 0 saturated carbocycles. The summed E-state index contributed by atoms with van der Waals surface area (Å²) in [6.07, 6.45) is 0. The summed E-state index contributed by atoms with van der Waals surface area (Å²) in [5.74, 6) is 0. The fourth-order valence-corrected chi connectivity index (χ4v) is 0. The van der Waals surface area contributed by atoms with E-state index in [4.69, 9.17) is 7.57 Å². The zero-order valence-corrected chi connectivity index (χ0v) is 7.42. The summed E-state index contributed by atoms with van der Waals surface area (Å²) in [6.45, 7) is 10.9. The third-order valence-electron chi connectivity index (χ3n) is 1.73. The third-order valence-corrected chi connectivity index (χ3v) is 5.19. The summed E-state index contributed by atoms with van der Waals surface area (Å²) in [4.78, 5) is 0. The van der Waals surface area contributed by atoms with E-state index in [1.54, 1.807) is 0 Å². The Morgan fingerprint density at radius 2 is 1.25 bits per heavy atom. The van der Waals surface area contributed by atoms with E-state index >= 15 is 0 Å². The topological polar surface area (TPSA) is 0 Å². The maximum atomic E-state index is 5.92. The van der Waals surface area contributed by atoms with E-state index in [2.05, 4.69) is 34.1 Å². The summed E-state index contributed by atoms with van der Waals surface area (Å²) in [5, 5.41) is 0.326. The molecule has 0 aliphatic heterocycles. The lowest BCUT2D eigenvalue weighted by Crippen LogP contribution is -2.18. The van der Waals surface area contributed by atoms with Crippen LogP contribution in [0.25, 0.3) is 0 Å². The lowest BCUT2D eigenvalue weighted by Gasteiger charge is -2.28. The van der Waals surface area contributed by atoms with Gasteiger partial charge in [0.25, 0.3) is 0 Å². The first kappa shape index (κ1) is 8.49. The minimum absolute atomic E-state index is 0.326. The Kier molecular flexibility index (Phi) is 2.15. The summed E-state index contributed by atoms with van der Waals surface area (Å²) < 4.78 is 0. The van der Waals surface area contributed by atoms with Gasteiger partial charge in [-0.05, 0) is 27.9 Å². The molecule has 0 amide bonds. The zero-order valence-electron chi connectivity index (χ0n) is 6.52. The van der Waals surface area contributed by atoms with E-state index in [0.717, 1.165) is 0 Å². The van der Waals surface area contributed by atoms with Gasteiger partial charge >= 0.3 is 7.57 Å². The molecule has 0 aromatic carbocycles. The fraction of sp³-hybridized carbons (Fsp3) is 1.00. The molecule has 2 radical (unpaired) electrons. The van der Waals surface area contributed by atoms with Crippen LogP contribution >= 0.6 is 7.14 Å². The van der Waals surface area contributed by atoms with Crippen molar-refractivity contribution in [3.8, 4) is 0 Å². The van der Waals surface area contributed by atoms with E-state index in [1.807, 2.05) is 0 Å². The van der Waals surface area contributed by atoms with Gasteiger partial charge in [0, 0.05) is 13.3 Å². The Bertz CT molecular complexity index is 63.5. The van der Waals surface area contributed by atoms with Crippen LogP contribution in [0.4, 0.5) is 0 Å². The smallest absolute Gasteiger partial charge is 0.0410 e. The molecule has 0 bridgehead atoms. The normalized spacial score (nSPS) is 14.1. The first-order chi connectivity index (χ1) is 3.25. The molecule has 0 aliphatic rings. The average molecular weight is 129 g/mol. The van der Waals surface area contributed by atoms with Gasteiger partial charge in [0.1, 0.15) is 0 Å². The summed E-state index contributed by atoms with van der Waals surface area (Å²) in [6, 6.07) is 0. The van der Waals surface area contributed by atoms with Gasteiger partial charge in [0.15, 0.2) is 0 Å². The largest absolute Gasteiger partial charge is 0.365 e. The van der Waals surface area contributed by atoms with Crippen LogP contribution < -0.4 is 0 Å². The van der Waals surface area contributed by atoms with Crippen LogP contribution in [0.15, 0.2) is 0 Å². The van der Waals surface area contributed by atoms with Crippen molar-refractivity contribution in [3.05, 3.63) is 0 Å². The predicted molar refractivity (Wildman–Crippen MR) is 44.3 cm³/mol. The molecule has 0 aromatic rings. The van der Waals surface area contributed by atoms with Gasteiger partial charge in [0.05, 0.1) is 5.16 Å². The van der Waals surface area contributed by atoms with Crippen molar-refractivity contribution in [2.75, 3.05) is 13.3 Å². The molecular formula is C6H15BP+. The molecule has 2 heteroatoms. The summed E-state index contributed by atoms with van der Waals surface area (Å²) >= 11 is 0. The van der Waals surface area contributed by atoms with Crippen LogP contribution in [0.5, 0.6) is 0 Å². The average Bonchev–Trinajstić information content (AvgIpc) is 1.25. The summed E-state index contributed by atoms with van der Waals surface area (Å²) in [5.41, 5.74) is 0. The fourth-order valence-electron chi connectivity index (χ4n) is 0. The highest BCUT2D eigenvalue weighted by Crippen LogP contribution is 2.57. The molecule has 8 heavy (non-hydrogen) atoms. The maximum absolute atomic E-state index is 5.92. The van der Waals surface area contributed by atoms with Crippen molar-refractivity contribution < 1.29 is 0 Å². The van der Waals surface area contributed by atoms with Crippen LogP contribution in [-0.4, -0.2) is 26.1 Å². The molecular weight excluding hydrogens is 114 g/mol. The highest BCUT2D eigenvalue weighted by Gasteiger charge is 2.34. The maximum Gasteiger partial charge on any atom is 0.365 e. The first-order valence-corrected chi connectivity index (χ1v) is 5.63. The molecule has 0 fully saturated rings. The van der Waals surface area contributed by atoms with Gasteiger partial charge in [-0.15, -0.1) is 0 Å². The van der Waals surface area contributed by atoms with Crippen LogP contribution in [-0.2, 0) is 0 Å². The second-order valence-electron chi connectivity index (χ2n) is 3.71. The number of hydrogen-bond acceptors (Lipinski definition) is 0. The van der Waals surface area contributed by atoms with Crippen molar-refractivity contribution in [2.45, 2.75) is 25.9 Å². The van der Waals surface area contributed by atoms with E-state index in [-0.39, 0.29) is 0 Å². The van der Waals surface area contributed by atoms with Crippen LogP contribution in [0.1, 0.15) is 20.8 Å². The van der Waals surface area contributed by atoms with Gasteiger partial charge < -0.3 is 0 Å². The lowest BCUT2D eigenvalue weighted by atomic mass is 10.3. The molecule has 0 atom stereocenters. The van der Waals surface area contributed by atoms with Crippen LogP contribution in [0.3, 0.4) is 0 Å². The predicted octanol–water partition coefficient (Wildman–Crippen LogP) is 2.15. The Morgan fingerprint density at radius 1 is 1.12 bits per heavy atom. The summed E-state index contributed by atoms with van der Waals surface area (Å²) in [7, 11) is 4.82. The minimum Gasteiger partial charge on any atom is -0.0410 e. The molecule has 0 nitrogen and oxygen atoms in total. The van der Waals surface area contributed by atoms with Gasteiger partial charge in [-0.3, -0.25) is 0 Å². The van der Waals surface area contributed by atoms with E-state index < -0.39 is 7.14 Å². The van der Waals surface area contributed by atoms with Crippen LogP contribution in [0, 0.1) is 0 Å². The minimum atomic E-state index is -1.10. The van der Waals surface area contributed by atoms with Crippen molar-refractivity contribution in [3.63, 3.8) is 0 Å². The number of hydrogen-bond donors (Lipinski definition) is 0. The standard InChI is InChI=1S/C6H15BP/c1-6(2,3)8(4,5)7/h1-5H3/q+1. The Hall–Kier alpha value is 0.495. The van der Waals surface area contributed by atoms with Gasteiger partial charge in [-0.1, -0.05) is 0 Å². The molecule has 0 saturated heterocycles. The molecule has 0 unspecified atom stereocenters. The Balaban J connectivity index is 4.02. The van der Waals surface area contributed by atoms with Gasteiger partial charge in [-0.2, -0.15) is 0 Å². The molecule has 0 heterocycles. The van der Waals surface area contributed by atoms with Crippen molar-refractivity contribution in [1.82, 2.24) is 0 Å². The molecule has 0 N–H and O–H groups in total. The lowest BCUT2D eigenvalue weighted by molar-refractivity contribution is 0.784. The van der Waals surface area contributed by atoms with E-state index in [0.29, 0.717) is 5.16 Å². The zero-order chi connectivity index (χ0) is 7.00. The highest BCUT2D eigenvalue weighted by atomic mass is 31.2. The quantitative estimate of drug-likeness (QED) is 0.347. The van der Waals surface area contributed by atoms with Crippen molar-refractivity contribution in [2.24, 2.45) is 0 Å². The van der Waals surface area contributed by atoms with Crippen LogP contribution in [0.2, 0.25) is 0 Å².